The maximum absolute atomic E-state index is 13.8. The van der Waals surface area contributed by atoms with Crippen LogP contribution in [0.3, 0.4) is 0 Å². The van der Waals surface area contributed by atoms with E-state index in [9.17, 15) is 4.39 Å². The van der Waals surface area contributed by atoms with Gasteiger partial charge >= 0.3 is 0 Å². The van der Waals surface area contributed by atoms with E-state index in [2.05, 4.69) is 17.3 Å². The van der Waals surface area contributed by atoms with Crippen LogP contribution >= 0.6 is 0 Å². The van der Waals surface area contributed by atoms with E-state index < -0.39 is 0 Å². The Bertz CT molecular complexity index is 523. The van der Waals surface area contributed by atoms with E-state index in [1.165, 1.54) is 31.7 Å². The molecule has 0 radical (unpaired) electrons. The summed E-state index contributed by atoms with van der Waals surface area (Å²) in [5.41, 5.74) is 0.876. The highest BCUT2D eigenvalue weighted by molar-refractivity contribution is 5.48. The first-order valence-corrected chi connectivity index (χ1v) is 7.33. The molecular weight excluding hydrogens is 253 g/mol. The molecule has 2 heterocycles. The summed E-state index contributed by atoms with van der Waals surface area (Å²) < 4.78 is 13.8. The van der Waals surface area contributed by atoms with Gasteiger partial charge < -0.3 is 10.2 Å². The first-order valence-electron chi connectivity index (χ1n) is 7.33. The summed E-state index contributed by atoms with van der Waals surface area (Å²) in [7, 11) is 2.23. The normalized spacial score (nSPS) is 29.1. The van der Waals surface area contributed by atoms with Crippen molar-refractivity contribution in [2.75, 3.05) is 18.9 Å². The number of nitrogens with one attached hydrogen (secondary N) is 1. The van der Waals surface area contributed by atoms with Crippen LogP contribution in [0.15, 0.2) is 18.2 Å². The fourth-order valence-electron chi connectivity index (χ4n) is 3.67. The maximum atomic E-state index is 13.8. The van der Waals surface area contributed by atoms with E-state index in [0.717, 1.165) is 6.54 Å². The van der Waals surface area contributed by atoms with Crippen molar-refractivity contribution in [3.05, 3.63) is 29.6 Å². The number of nitriles is 1. The second kappa shape index (κ2) is 5.41. The molecule has 0 amide bonds. The van der Waals surface area contributed by atoms with E-state index >= 15 is 0 Å². The minimum atomic E-state index is -0.333. The van der Waals surface area contributed by atoms with Crippen molar-refractivity contribution in [3.63, 3.8) is 0 Å². The van der Waals surface area contributed by atoms with Crippen molar-refractivity contribution in [1.82, 2.24) is 4.90 Å². The van der Waals surface area contributed by atoms with Gasteiger partial charge in [-0.15, -0.1) is 0 Å². The van der Waals surface area contributed by atoms with Crippen molar-refractivity contribution in [1.29, 1.82) is 5.26 Å². The molecule has 2 unspecified atom stereocenters. The van der Waals surface area contributed by atoms with Crippen LogP contribution in [0.1, 0.15) is 31.2 Å². The van der Waals surface area contributed by atoms with Crippen molar-refractivity contribution in [3.8, 4) is 6.07 Å². The van der Waals surface area contributed by atoms with Gasteiger partial charge in [0.2, 0.25) is 0 Å². The second-order valence-electron chi connectivity index (χ2n) is 6.08. The molecule has 0 spiro atoms. The van der Waals surface area contributed by atoms with Gasteiger partial charge in [-0.1, -0.05) is 0 Å². The Morgan fingerprint density at radius 3 is 2.65 bits per heavy atom. The maximum Gasteiger partial charge on any atom is 0.147 e. The number of anilines is 1. The summed E-state index contributed by atoms with van der Waals surface area (Å²) in [6.07, 6.45) is 5.03. The molecule has 4 heteroatoms. The van der Waals surface area contributed by atoms with Crippen LogP contribution in [-0.4, -0.2) is 30.6 Å². The van der Waals surface area contributed by atoms with Gasteiger partial charge in [-0.05, 0) is 56.8 Å². The summed E-state index contributed by atoms with van der Waals surface area (Å²) in [4.78, 5) is 2.51. The first kappa shape index (κ1) is 13.4. The number of fused-ring (bicyclic) bond motifs is 2. The van der Waals surface area contributed by atoms with Gasteiger partial charge in [-0.3, -0.25) is 0 Å². The highest BCUT2D eigenvalue weighted by Crippen LogP contribution is 2.37. The topological polar surface area (TPSA) is 39.1 Å². The standard InChI is InChI=1S/C16H20FN3/c1-20-13-3-4-14(20)7-12(6-13)10-19-16-5-2-11(9-18)8-15(16)17/h2,5,8,12-14,19H,3-4,6-7,10H2,1H3. The van der Waals surface area contributed by atoms with Gasteiger partial charge in [0.25, 0.3) is 0 Å². The molecule has 106 valence electrons. The molecule has 2 aliphatic rings. The van der Waals surface area contributed by atoms with E-state index in [4.69, 9.17) is 5.26 Å². The number of rotatable bonds is 3. The SMILES string of the molecule is CN1C2CCC1CC(CNc1ccc(C#N)cc1F)C2. The van der Waals surface area contributed by atoms with E-state index in [-0.39, 0.29) is 5.82 Å². The van der Waals surface area contributed by atoms with E-state index in [0.29, 0.717) is 29.3 Å². The van der Waals surface area contributed by atoms with Gasteiger partial charge in [0.1, 0.15) is 5.82 Å². The molecule has 2 bridgehead atoms. The number of nitrogens with zero attached hydrogens (tertiary/aromatic N) is 2. The summed E-state index contributed by atoms with van der Waals surface area (Å²) >= 11 is 0. The summed E-state index contributed by atoms with van der Waals surface area (Å²) in [5.74, 6) is 0.290. The molecular formula is C16H20FN3. The summed E-state index contributed by atoms with van der Waals surface area (Å²) in [6.45, 7) is 0.823. The molecule has 0 aromatic heterocycles. The third kappa shape index (κ3) is 2.51. The fourth-order valence-corrected chi connectivity index (χ4v) is 3.67. The minimum absolute atomic E-state index is 0.333. The van der Waals surface area contributed by atoms with Crippen molar-refractivity contribution in [2.45, 2.75) is 37.8 Å². The quantitative estimate of drug-likeness (QED) is 0.920. The monoisotopic (exact) mass is 273 g/mol. The van der Waals surface area contributed by atoms with Gasteiger partial charge in [0.05, 0.1) is 17.3 Å². The Labute approximate surface area is 119 Å². The average Bonchev–Trinajstić information content (AvgIpc) is 2.67. The van der Waals surface area contributed by atoms with Crippen LogP contribution in [0.5, 0.6) is 0 Å². The highest BCUT2D eigenvalue weighted by atomic mass is 19.1. The van der Waals surface area contributed by atoms with Crippen LogP contribution < -0.4 is 5.32 Å². The number of benzene rings is 1. The van der Waals surface area contributed by atoms with E-state index in [1.54, 1.807) is 12.1 Å². The molecule has 1 N–H and O–H groups in total. The van der Waals surface area contributed by atoms with Crippen LogP contribution in [0, 0.1) is 23.1 Å². The molecule has 1 aromatic carbocycles. The molecule has 2 aliphatic heterocycles. The lowest BCUT2D eigenvalue weighted by atomic mass is 9.91. The van der Waals surface area contributed by atoms with Crippen LogP contribution in [0.2, 0.25) is 0 Å². The number of piperidine rings is 1. The van der Waals surface area contributed by atoms with Crippen molar-refractivity contribution < 1.29 is 4.39 Å². The van der Waals surface area contributed by atoms with Gasteiger partial charge in [0, 0.05) is 18.6 Å². The van der Waals surface area contributed by atoms with Crippen molar-refractivity contribution >= 4 is 5.69 Å². The number of halogens is 1. The fraction of sp³-hybridized carbons (Fsp3) is 0.562. The molecule has 20 heavy (non-hydrogen) atoms. The molecule has 2 saturated heterocycles. The van der Waals surface area contributed by atoms with E-state index in [1.807, 2.05) is 6.07 Å². The number of hydrogen-bond acceptors (Lipinski definition) is 3. The van der Waals surface area contributed by atoms with Crippen LogP contribution in [-0.2, 0) is 0 Å². The van der Waals surface area contributed by atoms with Crippen molar-refractivity contribution in [2.24, 2.45) is 5.92 Å². The largest absolute Gasteiger partial charge is 0.382 e. The summed E-state index contributed by atoms with van der Waals surface area (Å²) in [5, 5.41) is 11.9. The molecule has 0 saturated carbocycles. The summed E-state index contributed by atoms with van der Waals surface area (Å²) in [6, 6.07) is 7.99. The molecule has 2 atom stereocenters. The first-order chi connectivity index (χ1) is 9.67. The van der Waals surface area contributed by atoms with Gasteiger partial charge in [0.15, 0.2) is 0 Å². The molecule has 1 aromatic rings. The number of hydrogen-bond donors (Lipinski definition) is 1. The Morgan fingerprint density at radius 2 is 2.05 bits per heavy atom. The lowest BCUT2D eigenvalue weighted by Gasteiger charge is -2.36. The lowest BCUT2D eigenvalue weighted by Crippen LogP contribution is -2.41. The Hall–Kier alpha value is -1.60. The van der Waals surface area contributed by atoms with Crippen LogP contribution in [0.25, 0.3) is 0 Å². The molecule has 3 nitrogen and oxygen atoms in total. The third-order valence-electron chi connectivity index (χ3n) is 4.88. The zero-order valence-corrected chi connectivity index (χ0v) is 11.8. The second-order valence-corrected chi connectivity index (χ2v) is 6.08. The predicted octanol–water partition coefficient (Wildman–Crippen LogP) is 2.98. The lowest BCUT2D eigenvalue weighted by molar-refractivity contribution is 0.139. The molecule has 0 aliphatic carbocycles. The predicted molar refractivity (Wildman–Crippen MR) is 76.9 cm³/mol. The smallest absolute Gasteiger partial charge is 0.147 e. The third-order valence-corrected chi connectivity index (χ3v) is 4.88. The molecule has 3 rings (SSSR count). The zero-order chi connectivity index (χ0) is 14.1. The Morgan fingerprint density at radius 1 is 1.35 bits per heavy atom. The zero-order valence-electron chi connectivity index (χ0n) is 11.8. The van der Waals surface area contributed by atoms with Crippen LogP contribution in [0.4, 0.5) is 10.1 Å². The molecule has 2 fully saturated rings. The highest BCUT2D eigenvalue weighted by Gasteiger charge is 2.38. The Balaban J connectivity index is 1.59. The van der Waals surface area contributed by atoms with Gasteiger partial charge in [-0.2, -0.15) is 5.26 Å². The minimum Gasteiger partial charge on any atom is -0.382 e. The Kier molecular flexibility index (Phi) is 3.62. The average molecular weight is 273 g/mol. The van der Waals surface area contributed by atoms with Gasteiger partial charge in [-0.25, -0.2) is 4.39 Å².